The molecule has 4 aromatic carbocycles. The van der Waals surface area contributed by atoms with E-state index in [0.29, 0.717) is 10.0 Å². The Hall–Kier alpha value is -2.18. The zero-order chi connectivity index (χ0) is 26.9. The minimum Gasteiger partial charge on any atom is -0.497 e. The van der Waals surface area contributed by atoms with E-state index >= 15 is 0 Å². The molecule has 1 fully saturated rings. The number of rotatable bonds is 8. The molecule has 1 aliphatic rings. The molecule has 0 saturated carbocycles. The van der Waals surface area contributed by atoms with Crippen molar-refractivity contribution in [3.05, 3.63) is 107 Å². The Labute approximate surface area is 244 Å². The number of halogens is 2. The highest BCUT2D eigenvalue weighted by atomic mass is 35.5. The van der Waals surface area contributed by atoms with Crippen LogP contribution in [-0.4, -0.2) is 14.2 Å². The lowest BCUT2D eigenvalue weighted by Crippen LogP contribution is -2.53. The van der Waals surface area contributed by atoms with Gasteiger partial charge in [-0.05, 0) is 97.1 Å². The number of nitrogens with one attached hydrogen (secondary N) is 2. The van der Waals surface area contributed by atoms with Gasteiger partial charge in [-0.15, -0.1) is 0 Å². The fraction of sp³-hybridized carbons (Fsp3) is 0.0769. The molecule has 2 N–H and O–H groups in total. The van der Waals surface area contributed by atoms with Crippen LogP contribution in [0, 0.1) is 0 Å². The summed E-state index contributed by atoms with van der Waals surface area (Å²) in [7, 11) is 3.28. The number of hydrogen-bond donors (Lipinski definition) is 2. The van der Waals surface area contributed by atoms with E-state index in [0.717, 1.165) is 34.2 Å². The minimum atomic E-state index is -2.73. The van der Waals surface area contributed by atoms with E-state index in [1.54, 1.807) is 14.2 Å². The van der Waals surface area contributed by atoms with Crippen molar-refractivity contribution in [1.29, 1.82) is 0 Å². The van der Waals surface area contributed by atoms with Crippen molar-refractivity contribution in [3.63, 3.8) is 0 Å². The Morgan fingerprint density at radius 1 is 0.553 bits per heavy atom. The van der Waals surface area contributed by atoms with Gasteiger partial charge in [0.25, 0.3) is 13.8 Å². The first-order valence-corrected chi connectivity index (χ1v) is 17.6. The van der Waals surface area contributed by atoms with Crippen molar-refractivity contribution in [2.75, 3.05) is 33.3 Å². The largest absolute Gasteiger partial charge is 0.497 e. The lowest BCUT2D eigenvalue weighted by molar-refractivity contribution is 0.415. The van der Waals surface area contributed by atoms with E-state index in [9.17, 15) is 0 Å². The van der Waals surface area contributed by atoms with Crippen LogP contribution in [0.5, 0.6) is 11.5 Å². The van der Waals surface area contributed by atoms with E-state index in [1.807, 2.05) is 97.1 Å². The second kappa shape index (κ2) is 11.1. The molecule has 6 nitrogen and oxygen atoms in total. The SMILES string of the molecule is COc1ccc(N2[P+]([S-])(Nc3ccc(Cl)cc3)N(c3ccc(OC)cc3)[P+]2([S-])Nc2ccc(Cl)cc2)cc1. The molecule has 1 aliphatic heterocycles. The molecule has 0 bridgehead atoms. The number of hydrogen-bond acceptors (Lipinski definition) is 8. The van der Waals surface area contributed by atoms with E-state index in [4.69, 9.17) is 57.2 Å². The summed E-state index contributed by atoms with van der Waals surface area (Å²) in [5, 5.41) is 8.58. The fourth-order valence-corrected chi connectivity index (χ4v) is 17.8. The first kappa shape index (κ1) is 27.4. The minimum absolute atomic E-state index is 0.648. The van der Waals surface area contributed by atoms with E-state index in [2.05, 4.69) is 19.1 Å². The van der Waals surface area contributed by atoms with Crippen LogP contribution >= 0.6 is 37.0 Å². The molecular weight excluding hydrogens is 597 g/mol. The first-order chi connectivity index (χ1) is 18.3. The standard InChI is InChI=1S/C26H24Cl2N4O2P2S2/c1-33-25-15-11-23(12-16-25)31-35(37,29-21-7-3-19(27)4-8-21)32(24-13-17-26(34-2)18-14-24)36(31,38)30-22-9-5-20(28)6-10-22/h3-18H,1-2H3,(H,29,37)(H,30,38). The number of ether oxygens (including phenoxy) is 2. The molecule has 1 saturated heterocycles. The van der Waals surface area contributed by atoms with Gasteiger partial charge >= 0.3 is 0 Å². The average molecular weight is 621 g/mol. The maximum absolute atomic E-state index is 6.52. The Bertz CT molecular complexity index is 1280. The lowest BCUT2D eigenvalue weighted by Gasteiger charge is -2.64. The maximum Gasteiger partial charge on any atom is 0.252 e. The summed E-state index contributed by atoms with van der Waals surface area (Å²) in [6, 6.07) is 30.6. The molecule has 4 aromatic rings. The van der Waals surface area contributed by atoms with Gasteiger partial charge in [0, 0.05) is 10.0 Å². The summed E-state index contributed by atoms with van der Waals surface area (Å²) >= 11 is 25.4. The highest BCUT2D eigenvalue weighted by Gasteiger charge is 2.72. The number of benzene rings is 4. The molecule has 0 aliphatic carbocycles. The normalized spacial score (nSPS) is 20.5. The highest BCUT2D eigenvalue weighted by Crippen LogP contribution is 2.95. The van der Waals surface area contributed by atoms with Gasteiger partial charge < -0.3 is 34.0 Å². The van der Waals surface area contributed by atoms with Crippen molar-refractivity contribution < 1.29 is 9.47 Å². The van der Waals surface area contributed by atoms with Crippen LogP contribution < -0.4 is 28.5 Å². The predicted molar refractivity (Wildman–Crippen MR) is 170 cm³/mol. The molecule has 0 unspecified atom stereocenters. The van der Waals surface area contributed by atoms with Crippen molar-refractivity contribution in [2.45, 2.75) is 0 Å². The van der Waals surface area contributed by atoms with Crippen LogP contribution in [0.4, 0.5) is 22.7 Å². The Balaban J connectivity index is 1.65. The lowest BCUT2D eigenvalue weighted by atomic mass is 10.3. The van der Waals surface area contributed by atoms with Crippen molar-refractivity contribution in [1.82, 2.24) is 0 Å². The Kier molecular flexibility index (Phi) is 8.02. The highest BCUT2D eigenvalue weighted by molar-refractivity contribution is 8.62. The summed E-state index contributed by atoms with van der Waals surface area (Å²) in [4.78, 5) is 0. The predicted octanol–water partition coefficient (Wildman–Crippen LogP) is 9.01. The average Bonchev–Trinajstić information content (AvgIpc) is 2.92. The molecular formula is C26H24Cl2N4O2P2S2. The zero-order valence-electron chi connectivity index (χ0n) is 20.4. The van der Waals surface area contributed by atoms with Crippen LogP contribution in [0.1, 0.15) is 0 Å². The van der Waals surface area contributed by atoms with Crippen LogP contribution in [0.2, 0.25) is 10.0 Å². The summed E-state index contributed by atoms with van der Waals surface area (Å²) in [6.07, 6.45) is 0. The zero-order valence-corrected chi connectivity index (χ0v) is 25.3. The molecule has 0 atom stereocenters. The summed E-state index contributed by atoms with van der Waals surface area (Å²) in [5.41, 5.74) is 3.49. The fourth-order valence-electron chi connectivity index (χ4n) is 4.09. The van der Waals surface area contributed by atoms with E-state index in [1.165, 1.54) is 0 Å². The monoisotopic (exact) mass is 620 g/mol. The Morgan fingerprint density at radius 2 is 0.868 bits per heavy atom. The quantitative estimate of drug-likeness (QED) is 0.149. The van der Waals surface area contributed by atoms with Crippen LogP contribution in [0.15, 0.2) is 97.1 Å². The molecule has 0 radical (unpaired) electrons. The van der Waals surface area contributed by atoms with Gasteiger partial charge in [0.05, 0.1) is 25.6 Å². The topological polar surface area (TPSA) is 49.0 Å². The summed E-state index contributed by atoms with van der Waals surface area (Å²) < 4.78 is 15.1. The number of nitrogens with zero attached hydrogens (tertiary/aromatic N) is 2. The second-order valence-electron chi connectivity index (χ2n) is 8.30. The summed E-state index contributed by atoms with van der Waals surface area (Å²) in [5.74, 6) is 1.50. The van der Waals surface area contributed by atoms with Crippen molar-refractivity contribution >= 4 is 84.3 Å². The molecule has 12 heteroatoms. The van der Waals surface area contributed by atoms with Gasteiger partial charge in [-0.1, -0.05) is 32.1 Å². The van der Waals surface area contributed by atoms with E-state index < -0.39 is 13.8 Å². The second-order valence-corrected chi connectivity index (χ2v) is 17.1. The number of anilines is 4. The van der Waals surface area contributed by atoms with Gasteiger partial charge in [-0.25, -0.2) is 10.2 Å². The smallest absolute Gasteiger partial charge is 0.252 e. The number of methoxy groups -OCH3 is 2. The molecule has 196 valence electrons. The molecule has 0 spiro atoms. The Morgan fingerprint density at radius 3 is 1.16 bits per heavy atom. The van der Waals surface area contributed by atoms with Gasteiger partial charge in [0.2, 0.25) is 0 Å². The molecule has 0 aromatic heterocycles. The molecule has 5 rings (SSSR count). The van der Waals surface area contributed by atoms with Gasteiger partial charge in [-0.2, -0.15) is 0 Å². The van der Waals surface area contributed by atoms with Crippen molar-refractivity contribution in [3.8, 4) is 11.5 Å². The molecule has 1 heterocycles. The van der Waals surface area contributed by atoms with E-state index in [-0.39, 0.29) is 0 Å². The third-order valence-corrected chi connectivity index (χ3v) is 17.5. The van der Waals surface area contributed by atoms with Gasteiger partial charge in [-0.3, -0.25) is 0 Å². The summed E-state index contributed by atoms with van der Waals surface area (Å²) in [6.45, 7) is -5.45. The van der Waals surface area contributed by atoms with Crippen LogP contribution in [0.25, 0.3) is 0 Å². The van der Waals surface area contributed by atoms with Crippen LogP contribution in [-0.2, 0) is 24.5 Å². The van der Waals surface area contributed by atoms with Gasteiger partial charge in [0.15, 0.2) is 0 Å². The molecule has 0 amide bonds. The maximum atomic E-state index is 6.52. The molecule has 38 heavy (non-hydrogen) atoms. The van der Waals surface area contributed by atoms with Crippen molar-refractivity contribution in [2.24, 2.45) is 0 Å². The third kappa shape index (κ3) is 5.19. The first-order valence-electron chi connectivity index (χ1n) is 11.4. The van der Waals surface area contributed by atoms with Gasteiger partial charge in [0.1, 0.15) is 22.9 Å². The third-order valence-electron chi connectivity index (χ3n) is 5.87. The van der Waals surface area contributed by atoms with Crippen LogP contribution in [0.3, 0.4) is 0 Å².